The normalized spacial score (nSPS) is 10.2. The van der Waals surface area contributed by atoms with Gasteiger partial charge in [-0.2, -0.15) is 0 Å². The van der Waals surface area contributed by atoms with Gasteiger partial charge in [0.25, 0.3) is 0 Å². The molecule has 0 saturated carbocycles. The second kappa shape index (κ2) is 7.01. The summed E-state index contributed by atoms with van der Waals surface area (Å²) in [5.41, 5.74) is 3.05. The zero-order valence-electron chi connectivity index (χ0n) is 12.0. The third-order valence-corrected chi connectivity index (χ3v) is 3.50. The summed E-state index contributed by atoms with van der Waals surface area (Å²) >= 11 is 5.91. The summed E-state index contributed by atoms with van der Waals surface area (Å²) in [6.45, 7) is 0.542. The van der Waals surface area contributed by atoms with E-state index in [1.807, 2.05) is 66.7 Å². The molecule has 0 radical (unpaired) electrons. The van der Waals surface area contributed by atoms with E-state index in [-0.39, 0.29) is 0 Å². The van der Waals surface area contributed by atoms with E-state index in [2.05, 4.69) is 17.4 Å². The first-order valence-corrected chi connectivity index (χ1v) is 7.47. The van der Waals surface area contributed by atoms with Crippen molar-refractivity contribution in [2.24, 2.45) is 0 Å². The maximum atomic E-state index is 5.93. The fraction of sp³-hybridized carbons (Fsp3) is 0.0526. The number of para-hydroxylation sites is 2. The standard InChI is InChI=1S/C19H16ClNO/c20-16-10-12-17(13-11-16)21-18-8-4-5-9-19(18)22-14-15-6-2-1-3-7-15/h1-13,21H,14H2. The Labute approximate surface area is 135 Å². The van der Waals surface area contributed by atoms with Crippen LogP contribution in [0.1, 0.15) is 5.56 Å². The molecule has 0 fully saturated rings. The summed E-state index contributed by atoms with van der Waals surface area (Å²) in [6, 6.07) is 25.6. The van der Waals surface area contributed by atoms with E-state index in [1.165, 1.54) is 0 Å². The van der Waals surface area contributed by atoms with Crippen LogP contribution in [0.5, 0.6) is 5.75 Å². The molecule has 0 aliphatic heterocycles. The van der Waals surface area contributed by atoms with Crippen LogP contribution in [-0.2, 0) is 6.61 Å². The number of anilines is 2. The Hall–Kier alpha value is -2.45. The van der Waals surface area contributed by atoms with E-state index in [9.17, 15) is 0 Å². The molecule has 0 bridgehead atoms. The molecule has 0 amide bonds. The van der Waals surface area contributed by atoms with Crippen molar-refractivity contribution in [2.45, 2.75) is 6.61 Å². The van der Waals surface area contributed by atoms with Crippen LogP contribution in [0.4, 0.5) is 11.4 Å². The van der Waals surface area contributed by atoms with Crippen LogP contribution in [0, 0.1) is 0 Å². The second-order valence-corrected chi connectivity index (χ2v) is 5.34. The van der Waals surface area contributed by atoms with Gasteiger partial charge in [-0.1, -0.05) is 54.1 Å². The molecule has 3 heteroatoms. The lowest BCUT2D eigenvalue weighted by Gasteiger charge is -2.13. The summed E-state index contributed by atoms with van der Waals surface area (Å²) in [5.74, 6) is 0.821. The molecule has 110 valence electrons. The van der Waals surface area contributed by atoms with E-state index in [0.29, 0.717) is 6.61 Å². The van der Waals surface area contributed by atoms with Crippen molar-refractivity contribution in [3.8, 4) is 5.75 Å². The molecular formula is C19H16ClNO. The van der Waals surface area contributed by atoms with Crippen molar-refractivity contribution in [2.75, 3.05) is 5.32 Å². The van der Waals surface area contributed by atoms with Crippen molar-refractivity contribution in [1.82, 2.24) is 0 Å². The van der Waals surface area contributed by atoms with Crippen molar-refractivity contribution in [3.05, 3.63) is 89.4 Å². The predicted octanol–water partition coefficient (Wildman–Crippen LogP) is 5.66. The second-order valence-electron chi connectivity index (χ2n) is 4.90. The predicted molar refractivity (Wildman–Crippen MR) is 92.0 cm³/mol. The minimum absolute atomic E-state index is 0.542. The Kier molecular flexibility index (Phi) is 4.62. The number of nitrogens with one attached hydrogen (secondary N) is 1. The van der Waals surface area contributed by atoms with Crippen LogP contribution in [0.25, 0.3) is 0 Å². The van der Waals surface area contributed by atoms with Crippen LogP contribution >= 0.6 is 11.6 Å². The summed E-state index contributed by atoms with van der Waals surface area (Å²) < 4.78 is 5.93. The highest BCUT2D eigenvalue weighted by atomic mass is 35.5. The molecule has 0 heterocycles. The lowest BCUT2D eigenvalue weighted by Crippen LogP contribution is -1.99. The highest BCUT2D eigenvalue weighted by molar-refractivity contribution is 6.30. The van der Waals surface area contributed by atoms with Gasteiger partial charge in [0, 0.05) is 10.7 Å². The highest BCUT2D eigenvalue weighted by Crippen LogP contribution is 2.28. The molecule has 0 atom stereocenters. The smallest absolute Gasteiger partial charge is 0.143 e. The van der Waals surface area contributed by atoms with E-state index >= 15 is 0 Å². The molecular weight excluding hydrogens is 294 g/mol. The van der Waals surface area contributed by atoms with Gasteiger partial charge in [-0.05, 0) is 42.0 Å². The SMILES string of the molecule is Clc1ccc(Nc2ccccc2OCc2ccccc2)cc1. The number of hydrogen-bond acceptors (Lipinski definition) is 2. The first-order valence-electron chi connectivity index (χ1n) is 7.09. The van der Waals surface area contributed by atoms with Crippen molar-refractivity contribution in [1.29, 1.82) is 0 Å². The number of hydrogen-bond donors (Lipinski definition) is 1. The molecule has 0 saturated heterocycles. The average molecular weight is 310 g/mol. The Balaban J connectivity index is 1.73. The monoisotopic (exact) mass is 309 g/mol. The minimum atomic E-state index is 0.542. The van der Waals surface area contributed by atoms with Crippen LogP contribution < -0.4 is 10.1 Å². The first-order chi connectivity index (χ1) is 10.8. The Bertz CT molecular complexity index is 726. The first kappa shape index (κ1) is 14.5. The Morgan fingerprint density at radius 1 is 0.773 bits per heavy atom. The van der Waals surface area contributed by atoms with Crippen LogP contribution in [-0.4, -0.2) is 0 Å². The molecule has 0 aromatic heterocycles. The maximum Gasteiger partial charge on any atom is 0.143 e. The molecule has 0 aliphatic carbocycles. The molecule has 1 N–H and O–H groups in total. The van der Waals surface area contributed by atoms with Crippen LogP contribution in [0.2, 0.25) is 5.02 Å². The number of rotatable bonds is 5. The average Bonchev–Trinajstić information content (AvgIpc) is 2.57. The van der Waals surface area contributed by atoms with Crippen molar-refractivity contribution in [3.63, 3.8) is 0 Å². The Morgan fingerprint density at radius 3 is 2.23 bits per heavy atom. The van der Waals surface area contributed by atoms with E-state index < -0.39 is 0 Å². The van der Waals surface area contributed by atoms with Crippen LogP contribution in [0.3, 0.4) is 0 Å². The molecule has 0 unspecified atom stereocenters. The number of benzene rings is 3. The van der Waals surface area contributed by atoms with Gasteiger partial charge < -0.3 is 10.1 Å². The third kappa shape index (κ3) is 3.80. The lowest BCUT2D eigenvalue weighted by molar-refractivity contribution is 0.308. The molecule has 22 heavy (non-hydrogen) atoms. The van der Waals surface area contributed by atoms with Crippen molar-refractivity contribution < 1.29 is 4.74 Å². The van der Waals surface area contributed by atoms with Gasteiger partial charge in [0.05, 0.1) is 5.69 Å². The topological polar surface area (TPSA) is 21.3 Å². The molecule has 0 aliphatic rings. The Morgan fingerprint density at radius 2 is 1.45 bits per heavy atom. The van der Waals surface area contributed by atoms with Gasteiger partial charge >= 0.3 is 0 Å². The molecule has 3 aromatic rings. The molecule has 3 aromatic carbocycles. The van der Waals surface area contributed by atoms with Gasteiger partial charge in [0.1, 0.15) is 12.4 Å². The lowest BCUT2D eigenvalue weighted by atomic mass is 10.2. The molecule has 2 nitrogen and oxygen atoms in total. The summed E-state index contributed by atoms with van der Waals surface area (Å²) in [5, 5.41) is 4.07. The van der Waals surface area contributed by atoms with E-state index in [1.54, 1.807) is 0 Å². The third-order valence-electron chi connectivity index (χ3n) is 3.25. The fourth-order valence-corrected chi connectivity index (χ4v) is 2.25. The van der Waals surface area contributed by atoms with Crippen molar-refractivity contribution >= 4 is 23.0 Å². The molecule has 0 spiro atoms. The highest BCUT2D eigenvalue weighted by Gasteiger charge is 2.04. The van der Waals surface area contributed by atoms with Gasteiger partial charge in [0.15, 0.2) is 0 Å². The van der Waals surface area contributed by atoms with Gasteiger partial charge in [-0.15, -0.1) is 0 Å². The summed E-state index contributed by atoms with van der Waals surface area (Å²) in [7, 11) is 0. The number of halogens is 1. The summed E-state index contributed by atoms with van der Waals surface area (Å²) in [4.78, 5) is 0. The summed E-state index contributed by atoms with van der Waals surface area (Å²) in [6.07, 6.45) is 0. The van der Waals surface area contributed by atoms with Gasteiger partial charge in [-0.25, -0.2) is 0 Å². The van der Waals surface area contributed by atoms with Crippen LogP contribution in [0.15, 0.2) is 78.9 Å². The number of ether oxygens (including phenoxy) is 1. The quantitative estimate of drug-likeness (QED) is 0.656. The largest absolute Gasteiger partial charge is 0.487 e. The van der Waals surface area contributed by atoms with Gasteiger partial charge in [0.2, 0.25) is 0 Å². The molecule has 3 rings (SSSR count). The maximum absolute atomic E-state index is 5.93. The minimum Gasteiger partial charge on any atom is -0.487 e. The zero-order chi connectivity index (χ0) is 15.2. The van der Waals surface area contributed by atoms with E-state index in [4.69, 9.17) is 16.3 Å². The van der Waals surface area contributed by atoms with E-state index in [0.717, 1.165) is 27.7 Å². The van der Waals surface area contributed by atoms with Gasteiger partial charge in [-0.3, -0.25) is 0 Å². The zero-order valence-corrected chi connectivity index (χ0v) is 12.8. The fourth-order valence-electron chi connectivity index (χ4n) is 2.12.